The molecule has 0 saturated carbocycles. The van der Waals surface area contributed by atoms with Gasteiger partial charge in [-0.3, -0.25) is 0 Å². The highest BCUT2D eigenvalue weighted by Crippen LogP contribution is 2.16. The minimum absolute atomic E-state index is 0.476. The molecule has 1 N–H and O–H groups in total. The van der Waals surface area contributed by atoms with Gasteiger partial charge in [0.05, 0.1) is 11.7 Å². The van der Waals surface area contributed by atoms with Crippen molar-refractivity contribution < 1.29 is 9.84 Å². The summed E-state index contributed by atoms with van der Waals surface area (Å²) in [4.78, 5) is 0. The summed E-state index contributed by atoms with van der Waals surface area (Å²) in [6, 6.07) is 0. The SMILES string of the molecule is CC#CCC(O)C(C)(C)OCC. The van der Waals surface area contributed by atoms with Crippen molar-refractivity contribution in [3.05, 3.63) is 0 Å². The molecule has 12 heavy (non-hydrogen) atoms. The van der Waals surface area contributed by atoms with E-state index in [9.17, 15) is 5.11 Å². The average Bonchev–Trinajstić information content (AvgIpc) is 2.00. The molecule has 2 nitrogen and oxygen atoms in total. The number of hydrogen-bond donors (Lipinski definition) is 1. The van der Waals surface area contributed by atoms with Gasteiger partial charge in [-0.15, -0.1) is 11.8 Å². The highest BCUT2D eigenvalue weighted by atomic mass is 16.5. The number of ether oxygens (including phenoxy) is 1. The van der Waals surface area contributed by atoms with E-state index >= 15 is 0 Å². The fraction of sp³-hybridized carbons (Fsp3) is 0.800. The second kappa shape index (κ2) is 5.18. The zero-order chi connectivity index (χ0) is 9.61. The van der Waals surface area contributed by atoms with Crippen LogP contribution in [0.1, 0.15) is 34.1 Å². The summed E-state index contributed by atoms with van der Waals surface area (Å²) in [7, 11) is 0. The third-order valence-corrected chi connectivity index (χ3v) is 1.79. The van der Waals surface area contributed by atoms with E-state index in [1.165, 1.54) is 0 Å². The molecule has 0 heterocycles. The molecule has 0 fully saturated rings. The number of aliphatic hydroxyl groups excluding tert-OH is 1. The summed E-state index contributed by atoms with van der Waals surface area (Å²) in [6.07, 6.45) is -0.0337. The second-order valence-corrected chi connectivity index (χ2v) is 3.18. The lowest BCUT2D eigenvalue weighted by Crippen LogP contribution is -2.38. The Kier molecular flexibility index (Phi) is 4.96. The fourth-order valence-electron chi connectivity index (χ4n) is 0.913. The minimum Gasteiger partial charge on any atom is -0.389 e. The van der Waals surface area contributed by atoms with Crippen molar-refractivity contribution >= 4 is 0 Å². The average molecular weight is 170 g/mol. The molecule has 0 aliphatic carbocycles. The van der Waals surface area contributed by atoms with Gasteiger partial charge < -0.3 is 9.84 Å². The molecule has 0 rings (SSSR count). The monoisotopic (exact) mass is 170 g/mol. The summed E-state index contributed by atoms with van der Waals surface area (Å²) in [5, 5.41) is 9.61. The first-order valence-corrected chi connectivity index (χ1v) is 4.26. The topological polar surface area (TPSA) is 29.5 Å². The van der Waals surface area contributed by atoms with E-state index in [2.05, 4.69) is 11.8 Å². The van der Waals surface area contributed by atoms with E-state index in [-0.39, 0.29) is 0 Å². The second-order valence-electron chi connectivity index (χ2n) is 3.18. The van der Waals surface area contributed by atoms with E-state index in [0.717, 1.165) is 0 Å². The van der Waals surface area contributed by atoms with Crippen LogP contribution < -0.4 is 0 Å². The van der Waals surface area contributed by atoms with Crippen molar-refractivity contribution in [2.75, 3.05) is 6.61 Å². The smallest absolute Gasteiger partial charge is 0.0933 e. The standard InChI is InChI=1S/C10H18O2/c1-5-7-8-9(11)10(3,4)12-6-2/h9,11H,6,8H2,1-4H3. The van der Waals surface area contributed by atoms with Gasteiger partial charge >= 0.3 is 0 Å². The van der Waals surface area contributed by atoms with Crippen molar-refractivity contribution in [3.63, 3.8) is 0 Å². The summed E-state index contributed by atoms with van der Waals surface area (Å²) in [5.41, 5.74) is -0.487. The molecule has 0 amide bonds. The number of aliphatic hydroxyl groups is 1. The summed E-state index contributed by atoms with van der Waals surface area (Å²) < 4.78 is 5.37. The van der Waals surface area contributed by atoms with E-state index < -0.39 is 11.7 Å². The van der Waals surface area contributed by atoms with E-state index in [1.807, 2.05) is 20.8 Å². The van der Waals surface area contributed by atoms with Crippen LogP contribution in [0.5, 0.6) is 0 Å². The molecule has 0 aromatic heterocycles. The molecule has 2 heteroatoms. The van der Waals surface area contributed by atoms with Crippen molar-refractivity contribution in [1.82, 2.24) is 0 Å². The molecule has 1 unspecified atom stereocenters. The van der Waals surface area contributed by atoms with Gasteiger partial charge in [0.2, 0.25) is 0 Å². The summed E-state index contributed by atoms with van der Waals surface area (Å²) in [6.45, 7) is 8.04. The molecule has 0 aliphatic rings. The molecule has 0 bridgehead atoms. The van der Waals surface area contributed by atoms with Crippen molar-refractivity contribution in [1.29, 1.82) is 0 Å². The maximum absolute atomic E-state index is 9.61. The first kappa shape index (κ1) is 11.5. The van der Waals surface area contributed by atoms with Crippen molar-refractivity contribution in [2.24, 2.45) is 0 Å². The van der Waals surface area contributed by atoms with Crippen molar-refractivity contribution in [2.45, 2.75) is 45.8 Å². The molecule has 70 valence electrons. The van der Waals surface area contributed by atoms with Crippen LogP contribution in [0.15, 0.2) is 0 Å². The van der Waals surface area contributed by atoms with Gasteiger partial charge in [0.25, 0.3) is 0 Å². The van der Waals surface area contributed by atoms with Gasteiger partial charge in [-0.2, -0.15) is 0 Å². The minimum atomic E-state index is -0.509. The zero-order valence-corrected chi connectivity index (χ0v) is 8.35. The van der Waals surface area contributed by atoms with Crippen LogP contribution in [0.2, 0.25) is 0 Å². The van der Waals surface area contributed by atoms with Crippen molar-refractivity contribution in [3.8, 4) is 11.8 Å². The maximum atomic E-state index is 9.61. The lowest BCUT2D eigenvalue weighted by molar-refractivity contribution is -0.0938. The molecule has 0 aromatic carbocycles. The highest BCUT2D eigenvalue weighted by molar-refractivity contribution is 4.99. The summed E-state index contributed by atoms with van der Waals surface area (Å²) >= 11 is 0. The molecule has 0 saturated heterocycles. The van der Waals surface area contributed by atoms with Crippen LogP contribution in [-0.4, -0.2) is 23.4 Å². The van der Waals surface area contributed by atoms with Gasteiger partial charge in [0.1, 0.15) is 0 Å². The van der Waals surface area contributed by atoms with Crippen LogP contribution in [0.4, 0.5) is 0 Å². The van der Waals surface area contributed by atoms with Gasteiger partial charge in [-0.05, 0) is 27.7 Å². The Morgan fingerprint density at radius 1 is 1.50 bits per heavy atom. The maximum Gasteiger partial charge on any atom is 0.0933 e. The van der Waals surface area contributed by atoms with Crippen LogP contribution >= 0.6 is 0 Å². The first-order valence-electron chi connectivity index (χ1n) is 4.26. The Morgan fingerprint density at radius 2 is 2.08 bits per heavy atom. The Bertz CT molecular complexity index is 174. The molecular formula is C10H18O2. The predicted octanol–water partition coefficient (Wildman–Crippen LogP) is 1.58. The van der Waals surface area contributed by atoms with E-state index in [4.69, 9.17) is 4.74 Å². The molecule has 1 atom stereocenters. The third kappa shape index (κ3) is 3.75. The van der Waals surface area contributed by atoms with Gasteiger partial charge in [0, 0.05) is 13.0 Å². The van der Waals surface area contributed by atoms with E-state index in [1.54, 1.807) is 6.92 Å². The summed E-state index contributed by atoms with van der Waals surface area (Å²) in [5.74, 6) is 5.58. The lowest BCUT2D eigenvalue weighted by atomic mass is 9.99. The number of hydrogen-bond acceptors (Lipinski definition) is 2. The van der Waals surface area contributed by atoms with Crippen LogP contribution in [0.3, 0.4) is 0 Å². The Hall–Kier alpha value is -0.520. The molecule has 0 spiro atoms. The number of rotatable bonds is 4. The van der Waals surface area contributed by atoms with Crippen LogP contribution in [0, 0.1) is 11.8 Å². The molecule has 0 radical (unpaired) electrons. The third-order valence-electron chi connectivity index (χ3n) is 1.79. The molecular weight excluding hydrogens is 152 g/mol. The Balaban J connectivity index is 4.01. The van der Waals surface area contributed by atoms with E-state index in [0.29, 0.717) is 13.0 Å². The van der Waals surface area contributed by atoms with Gasteiger partial charge in [0.15, 0.2) is 0 Å². The normalized spacial score (nSPS) is 13.4. The lowest BCUT2D eigenvalue weighted by Gasteiger charge is -2.29. The van der Waals surface area contributed by atoms with Gasteiger partial charge in [-0.1, -0.05) is 0 Å². The van der Waals surface area contributed by atoms with Crippen LogP contribution in [0.25, 0.3) is 0 Å². The molecule has 0 aliphatic heterocycles. The quantitative estimate of drug-likeness (QED) is 0.649. The Morgan fingerprint density at radius 3 is 2.50 bits per heavy atom. The predicted molar refractivity (Wildman–Crippen MR) is 49.8 cm³/mol. The highest BCUT2D eigenvalue weighted by Gasteiger charge is 2.27. The largest absolute Gasteiger partial charge is 0.389 e. The Labute approximate surface area is 74.9 Å². The zero-order valence-electron chi connectivity index (χ0n) is 8.35. The first-order chi connectivity index (χ1) is 5.54. The fourth-order valence-corrected chi connectivity index (χ4v) is 0.913. The van der Waals surface area contributed by atoms with Gasteiger partial charge in [-0.25, -0.2) is 0 Å². The van der Waals surface area contributed by atoms with Crippen LogP contribution in [-0.2, 0) is 4.74 Å². The molecule has 0 aromatic rings.